The number of nitrogens with zero attached hydrogens (tertiary/aromatic N) is 1. The molecule has 0 radical (unpaired) electrons. The molecule has 14 heteroatoms. The molecule has 0 saturated heterocycles. The van der Waals surface area contributed by atoms with Crippen LogP contribution in [0.3, 0.4) is 0 Å². The number of carbonyl (C=O) groups is 2. The van der Waals surface area contributed by atoms with Crippen molar-refractivity contribution >= 4 is 45.8 Å². The van der Waals surface area contributed by atoms with Gasteiger partial charge in [-0.1, -0.05) is 5.16 Å². The molecule has 0 bridgehead atoms. The summed E-state index contributed by atoms with van der Waals surface area (Å²) in [7, 11) is 0. The molecule has 0 heterocycles. The van der Waals surface area contributed by atoms with Gasteiger partial charge in [0.05, 0.1) is 36.8 Å². The molecule has 0 aliphatic heterocycles. The number of rotatable bonds is 11. The summed E-state index contributed by atoms with van der Waals surface area (Å²) in [4.78, 5) is 33.8. The van der Waals surface area contributed by atoms with Crippen molar-refractivity contribution in [3.63, 3.8) is 0 Å². The Balaban J connectivity index is 2.41. The minimum atomic E-state index is -2.50. The molecule has 1 atom stereocenters. The number of halogens is 4. The van der Waals surface area contributed by atoms with E-state index in [4.69, 9.17) is 19.9 Å². The van der Waals surface area contributed by atoms with E-state index in [1.54, 1.807) is 0 Å². The fraction of sp³-hybridized carbons (Fsp3) is 0.350. The van der Waals surface area contributed by atoms with Crippen LogP contribution >= 0.6 is 22.6 Å². The van der Waals surface area contributed by atoms with Crippen LogP contribution < -0.4 is 16.1 Å². The zero-order chi connectivity index (χ0) is 25.3. The van der Waals surface area contributed by atoms with Crippen molar-refractivity contribution < 1.29 is 42.6 Å². The van der Waals surface area contributed by atoms with Crippen LogP contribution in [0.1, 0.15) is 6.92 Å². The second-order valence-electron chi connectivity index (χ2n) is 6.66. The summed E-state index contributed by atoms with van der Waals surface area (Å²) in [5, 5.41) is 25.7. The average molecular weight is 598 g/mol. The molecule has 1 unspecified atom stereocenters. The van der Waals surface area contributed by atoms with E-state index in [-0.39, 0.29) is 31.0 Å². The first kappa shape index (κ1) is 27.6. The van der Waals surface area contributed by atoms with Gasteiger partial charge in [0.1, 0.15) is 11.5 Å². The zero-order valence-corrected chi connectivity index (χ0v) is 20.0. The van der Waals surface area contributed by atoms with Crippen LogP contribution in [-0.4, -0.2) is 66.9 Å². The number of alkyl halides is 1. The van der Waals surface area contributed by atoms with Gasteiger partial charge in [-0.25, -0.2) is 18.7 Å². The number of aliphatic hydroxyl groups is 2. The SMILES string of the molecule is CC1=C(C(=O)NOCCO)C(Nc2ccc(I)cc2F)=C(F)C(F)/C1=N\OCC(=O)NCCO. The van der Waals surface area contributed by atoms with E-state index in [1.165, 1.54) is 19.1 Å². The van der Waals surface area contributed by atoms with E-state index in [1.807, 2.05) is 28.1 Å². The summed E-state index contributed by atoms with van der Waals surface area (Å²) >= 11 is 1.87. The number of nitrogens with one attached hydrogen (secondary N) is 3. The first-order valence-corrected chi connectivity index (χ1v) is 10.9. The fourth-order valence-corrected chi connectivity index (χ4v) is 3.19. The van der Waals surface area contributed by atoms with Gasteiger partial charge in [-0.3, -0.25) is 14.4 Å². The number of hydroxylamine groups is 1. The lowest BCUT2D eigenvalue weighted by Crippen LogP contribution is -2.36. The molecule has 0 saturated carbocycles. The molecule has 2 amide bonds. The highest BCUT2D eigenvalue weighted by molar-refractivity contribution is 14.1. The second kappa shape index (κ2) is 13.3. The largest absolute Gasteiger partial charge is 0.395 e. The minimum absolute atomic E-state index is 0.0386. The molecule has 1 aromatic carbocycles. The molecule has 1 aliphatic carbocycles. The Labute approximate surface area is 206 Å². The summed E-state index contributed by atoms with van der Waals surface area (Å²) < 4.78 is 44.9. The minimum Gasteiger partial charge on any atom is -0.395 e. The number of aliphatic hydroxyl groups excluding tert-OH is 2. The van der Waals surface area contributed by atoms with Crippen molar-refractivity contribution in [3.8, 4) is 0 Å². The lowest BCUT2D eigenvalue weighted by atomic mass is 9.91. The van der Waals surface area contributed by atoms with Gasteiger partial charge in [-0.15, -0.1) is 0 Å². The van der Waals surface area contributed by atoms with Gasteiger partial charge in [0.15, 0.2) is 18.6 Å². The smallest absolute Gasteiger partial charge is 0.277 e. The number of hydrogen-bond acceptors (Lipinski definition) is 8. The average Bonchev–Trinajstić information content (AvgIpc) is 2.79. The van der Waals surface area contributed by atoms with Crippen molar-refractivity contribution in [2.45, 2.75) is 13.1 Å². The second-order valence-corrected chi connectivity index (χ2v) is 7.91. The Morgan fingerprint density at radius 2 is 1.97 bits per heavy atom. The van der Waals surface area contributed by atoms with Gasteiger partial charge in [0, 0.05) is 10.1 Å². The maximum absolute atomic E-state index is 15.1. The van der Waals surface area contributed by atoms with Crippen molar-refractivity contribution in [2.24, 2.45) is 5.16 Å². The topological polar surface area (TPSA) is 142 Å². The molecule has 1 aliphatic rings. The van der Waals surface area contributed by atoms with E-state index in [0.29, 0.717) is 3.57 Å². The van der Waals surface area contributed by atoms with Crippen molar-refractivity contribution in [3.05, 3.63) is 50.3 Å². The normalized spacial score (nSPS) is 17.1. The third-order valence-corrected chi connectivity index (χ3v) is 4.95. The van der Waals surface area contributed by atoms with Gasteiger partial charge in [-0.05, 0) is 53.3 Å². The number of anilines is 1. The van der Waals surface area contributed by atoms with Crippen molar-refractivity contribution in [1.29, 1.82) is 0 Å². The van der Waals surface area contributed by atoms with Gasteiger partial charge in [0.2, 0.25) is 0 Å². The quantitative estimate of drug-likeness (QED) is 0.147. The Morgan fingerprint density at radius 1 is 1.24 bits per heavy atom. The monoisotopic (exact) mass is 598 g/mol. The number of carbonyl (C=O) groups excluding carboxylic acids is 2. The van der Waals surface area contributed by atoms with E-state index in [2.05, 4.69) is 15.8 Å². The number of oxime groups is 1. The van der Waals surface area contributed by atoms with E-state index in [9.17, 15) is 18.4 Å². The lowest BCUT2D eigenvalue weighted by molar-refractivity contribution is -0.130. The third-order valence-electron chi connectivity index (χ3n) is 4.28. The molecule has 5 N–H and O–H groups in total. The van der Waals surface area contributed by atoms with Crippen LogP contribution in [0.5, 0.6) is 0 Å². The predicted octanol–water partition coefficient (Wildman–Crippen LogP) is 1.21. The summed E-state index contributed by atoms with van der Waals surface area (Å²) in [5.41, 5.74) is -0.170. The number of amides is 2. The predicted molar refractivity (Wildman–Crippen MR) is 123 cm³/mol. The summed E-state index contributed by atoms with van der Waals surface area (Å²) in [6.07, 6.45) is -2.50. The zero-order valence-electron chi connectivity index (χ0n) is 17.8. The fourth-order valence-electron chi connectivity index (χ4n) is 2.74. The molecule has 0 spiro atoms. The van der Waals surface area contributed by atoms with Crippen LogP contribution in [0.4, 0.5) is 18.9 Å². The molecule has 2 rings (SSSR count). The molecular weight excluding hydrogens is 576 g/mol. The molecule has 10 nitrogen and oxygen atoms in total. The maximum Gasteiger partial charge on any atom is 0.277 e. The van der Waals surface area contributed by atoms with Crippen molar-refractivity contribution in [1.82, 2.24) is 10.8 Å². The van der Waals surface area contributed by atoms with Crippen LogP contribution in [0, 0.1) is 9.39 Å². The van der Waals surface area contributed by atoms with Gasteiger partial charge in [0.25, 0.3) is 11.8 Å². The Kier molecular flexibility index (Phi) is 10.7. The summed E-state index contributed by atoms with van der Waals surface area (Å²) in [6, 6.07) is 3.96. The summed E-state index contributed by atoms with van der Waals surface area (Å²) in [5.74, 6) is -3.96. The van der Waals surface area contributed by atoms with Crippen LogP contribution in [-0.2, 0) is 19.3 Å². The number of allylic oxidation sites excluding steroid dienone is 2. The van der Waals surface area contributed by atoms with E-state index < -0.39 is 59.8 Å². The Hall–Kier alpha value is -2.69. The highest BCUT2D eigenvalue weighted by Gasteiger charge is 2.37. The molecule has 0 aromatic heterocycles. The third kappa shape index (κ3) is 7.15. The Bertz CT molecular complexity index is 1020. The van der Waals surface area contributed by atoms with Gasteiger partial charge < -0.3 is 25.7 Å². The van der Waals surface area contributed by atoms with Crippen LogP contribution in [0.25, 0.3) is 0 Å². The van der Waals surface area contributed by atoms with Crippen LogP contribution in [0.2, 0.25) is 0 Å². The highest BCUT2D eigenvalue weighted by atomic mass is 127. The molecular formula is C20H22F3IN4O6. The first-order valence-electron chi connectivity index (χ1n) is 9.79. The van der Waals surface area contributed by atoms with Crippen LogP contribution in [0.15, 0.2) is 46.0 Å². The maximum atomic E-state index is 15.1. The molecule has 34 heavy (non-hydrogen) atoms. The standard InChI is InChI=1S/C20H22F3IN4O6/c1-10-15(20(32)28-33-7-6-30)19(26-13-3-2-11(24)8-12(13)21)17(23)16(22)18(10)27-34-9-14(31)25-4-5-29/h2-3,8,16,26,29-30H,4-7,9H2,1H3,(H,25,31)(H,28,32)/b27-18-. The molecule has 0 fully saturated rings. The Morgan fingerprint density at radius 3 is 2.62 bits per heavy atom. The molecule has 1 aromatic rings. The van der Waals surface area contributed by atoms with Gasteiger partial charge >= 0.3 is 0 Å². The van der Waals surface area contributed by atoms with Crippen molar-refractivity contribution in [2.75, 3.05) is 38.3 Å². The first-order chi connectivity index (χ1) is 16.2. The lowest BCUT2D eigenvalue weighted by Gasteiger charge is -2.25. The van der Waals surface area contributed by atoms with E-state index in [0.717, 1.165) is 6.07 Å². The molecule has 186 valence electrons. The highest BCUT2D eigenvalue weighted by Crippen LogP contribution is 2.34. The summed E-state index contributed by atoms with van der Waals surface area (Å²) in [6.45, 7) is -0.457. The number of benzene rings is 1. The number of hydrogen-bond donors (Lipinski definition) is 5. The van der Waals surface area contributed by atoms with Gasteiger partial charge in [-0.2, -0.15) is 0 Å². The van der Waals surface area contributed by atoms with E-state index >= 15 is 4.39 Å².